The molecule has 0 atom stereocenters. The molecule has 0 unspecified atom stereocenters. The van der Waals surface area contributed by atoms with Gasteiger partial charge in [-0.3, -0.25) is 5.10 Å². The number of halogens is 6. The van der Waals surface area contributed by atoms with E-state index in [-0.39, 0.29) is 6.61 Å². The van der Waals surface area contributed by atoms with E-state index in [2.05, 4.69) is 15.4 Å². The molecular weight excluding hydrogens is 400 g/mol. The van der Waals surface area contributed by atoms with E-state index in [0.29, 0.717) is 29.5 Å². The first-order valence-electron chi connectivity index (χ1n) is 8.37. The van der Waals surface area contributed by atoms with Crippen molar-refractivity contribution in [1.29, 1.82) is 0 Å². The molecule has 1 N–H and O–H groups in total. The topological polar surface area (TPSA) is 50.8 Å². The van der Waals surface area contributed by atoms with E-state index in [4.69, 9.17) is 4.74 Å². The number of ether oxygens (including phenoxy) is 1. The molecule has 0 aliphatic carbocycles. The quantitative estimate of drug-likeness (QED) is 0.557. The fourth-order valence-electron chi connectivity index (χ4n) is 2.81. The fourth-order valence-corrected chi connectivity index (χ4v) is 2.81. The summed E-state index contributed by atoms with van der Waals surface area (Å²) in [6, 6.07) is 8.22. The smallest absolute Gasteiger partial charge is 0.372 e. The highest BCUT2D eigenvalue weighted by Gasteiger charge is 2.36. The fraction of sp³-hybridized carbons (Fsp3) is 0.263. The maximum atomic E-state index is 13.1. The lowest BCUT2D eigenvalue weighted by atomic mass is 10.0. The van der Waals surface area contributed by atoms with Crippen LogP contribution in [0, 0.1) is 6.92 Å². The highest BCUT2D eigenvalue weighted by atomic mass is 19.4. The Labute approximate surface area is 161 Å². The standard InChI is InChI=1S/C19H15F6N3O/c1-11-17(27-28-26-11)13-4-2-3-12(7-13)9-29-10-14-8-15(18(20,21)22)5-6-16(14)19(23,24)25/h2-8H,9-10H2,1H3,(H,26,27,28). The van der Waals surface area contributed by atoms with Gasteiger partial charge in [0.05, 0.1) is 30.0 Å². The Hall–Kier alpha value is -2.88. The molecule has 29 heavy (non-hydrogen) atoms. The molecule has 0 radical (unpaired) electrons. The van der Waals surface area contributed by atoms with E-state index in [9.17, 15) is 26.3 Å². The molecule has 0 saturated carbocycles. The molecular formula is C19H15F6N3O. The van der Waals surface area contributed by atoms with Crippen molar-refractivity contribution >= 4 is 0 Å². The Morgan fingerprint density at radius 1 is 0.931 bits per heavy atom. The van der Waals surface area contributed by atoms with Gasteiger partial charge in [0.25, 0.3) is 0 Å². The van der Waals surface area contributed by atoms with Crippen molar-refractivity contribution in [2.75, 3.05) is 0 Å². The molecule has 0 saturated heterocycles. The number of hydrogen-bond donors (Lipinski definition) is 1. The third-order valence-electron chi connectivity index (χ3n) is 4.19. The average Bonchev–Trinajstić information content (AvgIpc) is 3.06. The molecule has 0 fully saturated rings. The number of benzene rings is 2. The minimum absolute atomic E-state index is 0.0850. The lowest BCUT2D eigenvalue weighted by Gasteiger charge is -2.16. The third kappa shape index (κ3) is 4.94. The van der Waals surface area contributed by atoms with E-state index in [1.807, 2.05) is 0 Å². The van der Waals surface area contributed by atoms with E-state index in [1.54, 1.807) is 31.2 Å². The van der Waals surface area contributed by atoms with Gasteiger partial charge in [0.2, 0.25) is 0 Å². The molecule has 0 amide bonds. The molecule has 3 rings (SSSR count). The highest BCUT2D eigenvalue weighted by molar-refractivity contribution is 5.61. The van der Waals surface area contributed by atoms with Crippen LogP contribution in [0.5, 0.6) is 0 Å². The van der Waals surface area contributed by atoms with Gasteiger partial charge in [-0.1, -0.05) is 23.4 Å². The van der Waals surface area contributed by atoms with Crippen molar-refractivity contribution in [3.05, 3.63) is 70.4 Å². The van der Waals surface area contributed by atoms with Crippen molar-refractivity contribution in [3.8, 4) is 11.3 Å². The molecule has 4 nitrogen and oxygen atoms in total. The maximum absolute atomic E-state index is 13.1. The van der Waals surface area contributed by atoms with Crippen molar-refractivity contribution in [3.63, 3.8) is 0 Å². The average molecular weight is 415 g/mol. The summed E-state index contributed by atoms with van der Waals surface area (Å²) in [5.74, 6) is 0. The molecule has 154 valence electrons. The normalized spacial score (nSPS) is 12.4. The predicted octanol–water partition coefficient (Wildman–Crippen LogP) is 5.53. The largest absolute Gasteiger partial charge is 0.416 e. The number of aromatic nitrogens is 3. The number of rotatable bonds is 5. The first-order valence-corrected chi connectivity index (χ1v) is 8.37. The van der Waals surface area contributed by atoms with Gasteiger partial charge in [-0.05, 0) is 42.3 Å². The molecule has 3 aromatic rings. The van der Waals surface area contributed by atoms with Gasteiger partial charge in [-0.15, -0.1) is 5.10 Å². The summed E-state index contributed by atoms with van der Waals surface area (Å²) in [4.78, 5) is 0. The van der Waals surface area contributed by atoms with Crippen LogP contribution in [0.15, 0.2) is 42.5 Å². The summed E-state index contributed by atoms with van der Waals surface area (Å²) in [7, 11) is 0. The summed E-state index contributed by atoms with van der Waals surface area (Å²) >= 11 is 0. The number of aromatic amines is 1. The van der Waals surface area contributed by atoms with E-state index < -0.39 is 35.6 Å². The second kappa shape index (κ2) is 7.86. The Balaban J connectivity index is 1.77. The number of hydrogen-bond acceptors (Lipinski definition) is 3. The minimum atomic E-state index is -4.78. The Kier molecular flexibility index (Phi) is 5.65. The van der Waals surface area contributed by atoms with Gasteiger partial charge in [-0.25, -0.2) is 0 Å². The SMILES string of the molecule is Cc1[nH]nnc1-c1cccc(COCc2cc(C(F)(F)F)ccc2C(F)(F)F)c1. The van der Waals surface area contributed by atoms with Crippen molar-refractivity contribution < 1.29 is 31.1 Å². The molecule has 0 bridgehead atoms. The summed E-state index contributed by atoms with van der Waals surface area (Å²) in [6.45, 7) is 1.08. The first kappa shape index (κ1) is 20.8. The zero-order valence-electron chi connectivity index (χ0n) is 15.0. The number of nitrogens with zero attached hydrogens (tertiary/aromatic N) is 2. The maximum Gasteiger partial charge on any atom is 0.416 e. The molecule has 0 aliphatic rings. The van der Waals surface area contributed by atoms with Crippen LogP contribution in [0.4, 0.5) is 26.3 Å². The minimum Gasteiger partial charge on any atom is -0.372 e. The van der Waals surface area contributed by atoms with Crippen LogP contribution >= 0.6 is 0 Å². The van der Waals surface area contributed by atoms with Gasteiger partial charge in [0.15, 0.2) is 0 Å². The molecule has 10 heteroatoms. The van der Waals surface area contributed by atoms with Crippen LogP contribution in [0.1, 0.15) is 27.9 Å². The van der Waals surface area contributed by atoms with E-state index >= 15 is 0 Å². The van der Waals surface area contributed by atoms with Crippen molar-refractivity contribution in [2.45, 2.75) is 32.5 Å². The number of H-pyrrole nitrogens is 1. The molecule has 0 spiro atoms. The van der Waals surface area contributed by atoms with Gasteiger partial charge in [0.1, 0.15) is 5.69 Å². The predicted molar refractivity (Wildman–Crippen MR) is 91.5 cm³/mol. The monoisotopic (exact) mass is 415 g/mol. The summed E-state index contributed by atoms with van der Waals surface area (Å²) in [5.41, 5.74) is -0.176. The molecule has 1 heterocycles. The van der Waals surface area contributed by atoms with Gasteiger partial charge < -0.3 is 4.74 Å². The summed E-state index contributed by atoms with van der Waals surface area (Å²) in [5, 5.41) is 10.3. The van der Waals surface area contributed by atoms with Crippen LogP contribution in [0.2, 0.25) is 0 Å². The summed E-state index contributed by atoms with van der Waals surface area (Å²) in [6.07, 6.45) is -9.53. The Bertz CT molecular complexity index is 994. The Morgan fingerprint density at radius 2 is 1.69 bits per heavy atom. The van der Waals surface area contributed by atoms with Crippen LogP contribution in [-0.4, -0.2) is 15.4 Å². The summed E-state index contributed by atoms with van der Waals surface area (Å²) < 4.78 is 83.2. The second-order valence-electron chi connectivity index (χ2n) is 6.35. The number of alkyl halides is 6. The van der Waals surface area contributed by atoms with Crippen LogP contribution in [0.3, 0.4) is 0 Å². The second-order valence-corrected chi connectivity index (χ2v) is 6.35. The van der Waals surface area contributed by atoms with Gasteiger partial charge in [0, 0.05) is 5.56 Å². The van der Waals surface area contributed by atoms with Gasteiger partial charge >= 0.3 is 12.4 Å². The molecule has 2 aromatic carbocycles. The van der Waals surface area contributed by atoms with Crippen LogP contribution in [0.25, 0.3) is 11.3 Å². The number of aryl methyl sites for hydroxylation is 1. The number of nitrogens with one attached hydrogen (secondary N) is 1. The van der Waals surface area contributed by atoms with Crippen LogP contribution < -0.4 is 0 Å². The lowest BCUT2D eigenvalue weighted by molar-refractivity contribution is -0.142. The van der Waals surface area contributed by atoms with Gasteiger partial charge in [-0.2, -0.15) is 26.3 Å². The Morgan fingerprint density at radius 3 is 2.31 bits per heavy atom. The van der Waals surface area contributed by atoms with Crippen molar-refractivity contribution in [2.24, 2.45) is 0 Å². The molecule has 0 aliphatic heterocycles. The zero-order valence-corrected chi connectivity index (χ0v) is 15.0. The van der Waals surface area contributed by atoms with Crippen LogP contribution in [-0.2, 0) is 30.3 Å². The van der Waals surface area contributed by atoms with E-state index in [1.165, 1.54) is 0 Å². The van der Waals surface area contributed by atoms with Crippen molar-refractivity contribution in [1.82, 2.24) is 15.4 Å². The van der Waals surface area contributed by atoms with E-state index in [0.717, 1.165) is 11.3 Å². The lowest BCUT2D eigenvalue weighted by Crippen LogP contribution is -2.13. The first-order chi connectivity index (χ1) is 13.6. The molecule has 1 aromatic heterocycles. The zero-order chi connectivity index (χ0) is 21.2. The highest BCUT2D eigenvalue weighted by Crippen LogP contribution is 2.37. The third-order valence-corrected chi connectivity index (χ3v) is 4.19.